The fraction of sp³-hybridized carbons (Fsp3) is 0.500. The third-order valence-corrected chi connectivity index (χ3v) is 4.02. The van der Waals surface area contributed by atoms with Crippen LogP contribution in [0.4, 0.5) is 8.78 Å². The first-order valence-electron chi connectivity index (χ1n) is 6.50. The largest absolute Gasteiger partial charge is 0.463 e. The number of nitrogens with zero attached hydrogens (tertiary/aromatic N) is 1. The Balaban J connectivity index is 1.69. The van der Waals surface area contributed by atoms with Gasteiger partial charge in [-0.2, -0.15) is 0 Å². The van der Waals surface area contributed by atoms with Gasteiger partial charge in [-0.15, -0.1) is 0 Å². The first-order valence-corrected chi connectivity index (χ1v) is 6.50. The Hall–Kier alpha value is -1.65. The second kappa shape index (κ2) is 4.47. The summed E-state index contributed by atoms with van der Waals surface area (Å²) in [5, 5.41) is 0. The minimum absolute atomic E-state index is 0.0736. The summed E-state index contributed by atoms with van der Waals surface area (Å²) in [6, 6.07) is 4.12. The van der Waals surface area contributed by atoms with Crippen molar-refractivity contribution >= 4 is 6.02 Å². The first kappa shape index (κ1) is 12.4. The lowest BCUT2D eigenvalue weighted by atomic mass is 9.89. The van der Waals surface area contributed by atoms with Crippen LogP contribution in [0, 0.1) is 11.6 Å². The minimum Gasteiger partial charge on any atom is -0.463 e. The molecule has 1 heterocycles. The number of halogens is 2. The normalized spacial score (nSPS) is 23.9. The molecular formula is C14H16F2N2O. The van der Waals surface area contributed by atoms with Crippen molar-refractivity contribution in [3.8, 4) is 0 Å². The van der Waals surface area contributed by atoms with Crippen molar-refractivity contribution in [1.29, 1.82) is 0 Å². The van der Waals surface area contributed by atoms with Gasteiger partial charge in [0.05, 0.1) is 6.04 Å². The number of amidine groups is 1. The molecule has 1 unspecified atom stereocenters. The van der Waals surface area contributed by atoms with E-state index in [-0.39, 0.29) is 17.5 Å². The van der Waals surface area contributed by atoms with Crippen LogP contribution in [0.25, 0.3) is 0 Å². The molecule has 1 saturated carbocycles. The zero-order chi connectivity index (χ0) is 13.5. The van der Waals surface area contributed by atoms with Gasteiger partial charge in [0.15, 0.2) is 0 Å². The fourth-order valence-corrected chi connectivity index (χ4v) is 2.72. The maximum Gasteiger partial charge on any atom is 0.282 e. The van der Waals surface area contributed by atoms with E-state index in [0.717, 1.165) is 37.3 Å². The topological polar surface area (TPSA) is 47.6 Å². The third-order valence-electron chi connectivity index (χ3n) is 4.02. The quantitative estimate of drug-likeness (QED) is 0.910. The highest BCUT2D eigenvalue weighted by Crippen LogP contribution is 2.52. The van der Waals surface area contributed by atoms with Crippen LogP contribution in [0.2, 0.25) is 0 Å². The molecule has 1 aromatic rings. The van der Waals surface area contributed by atoms with Gasteiger partial charge in [0.1, 0.15) is 18.2 Å². The summed E-state index contributed by atoms with van der Waals surface area (Å²) in [7, 11) is 0. The number of ether oxygens (including phenoxy) is 1. The van der Waals surface area contributed by atoms with Crippen molar-refractivity contribution in [1.82, 2.24) is 0 Å². The summed E-state index contributed by atoms with van der Waals surface area (Å²) < 4.78 is 31.7. The Labute approximate surface area is 110 Å². The smallest absolute Gasteiger partial charge is 0.282 e. The van der Waals surface area contributed by atoms with Crippen LogP contribution in [0.15, 0.2) is 23.2 Å². The summed E-state index contributed by atoms with van der Waals surface area (Å²) in [6.45, 7) is 0.513. The van der Waals surface area contributed by atoms with Crippen LogP contribution < -0.4 is 5.73 Å². The fourth-order valence-electron chi connectivity index (χ4n) is 2.72. The molecule has 1 fully saturated rings. The molecule has 0 aromatic heterocycles. The summed E-state index contributed by atoms with van der Waals surface area (Å²) in [4.78, 5) is 4.17. The van der Waals surface area contributed by atoms with Gasteiger partial charge in [-0.05, 0) is 48.8 Å². The number of aliphatic imine (C=N–C) groups is 1. The molecule has 2 N–H and O–H groups in total. The van der Waals surface area contributed by atoms with Crippen LogP contribution in [0.3, 0.4) is 0 Å². The van der Waals surface area contributed by atoms with Crippen molar-refractivity contribution < 1.29 is 13.5 Å². The van der Waals surface area contributed by atoms with E-state index in [4.69, 9.17) is 10.5 Å². The van der Waals surface area contributed by atoms with Crippen molar-refractivity contribution in [2.75, 3.05) is 6.61 Å². The van der Waals surface area contributed by atoms with Crippen LogP contribution in [0.5, 0.6) is 0 Å². The van der Waals surface area contributed by atoms with Crippen LogP contribution in [0.1, 0.15) is 31.2 Å². The molecule has 19 heavy (non-hydrogen) atoms. The molecule has 3 rings (SSSR count). The van der Waals surface area contributed by atoms with Crippen LogP contribution >= 0.6 is 0 Å². The second-order valence-electron chi connectivity index (χ2n) is 5.41. The molecule has 1 aromatic carbocycles. The molecule has 0 amide bonds. The molecule has 1 atom stereocenters. The van der Waals surface area contributed by atoms with Crippen LogP contribution in [-0.2, 0) is 10.2 Å². The van der Waals surface area contributed by atoms with E-state index in [0.29, 0.717) is 6.61 Å². The predicted octanol–water partition coefficient (Wildman–Crippen LogP) is 2.49. The van der Waals surface area contributed by atoms with Crippen molar-refractivity contribution in [2.45, 2.75) is 37.1 Å². The van der Waals surface area contributed by atoms with Gasteiger partial charge in [0.2, 0.25) is 0 Å². The van der Waals surface area contributed by atoms with Crippen molar-refractivity contribution in [2.24, 2.45) is 10.7 Å². The summed E-state index contributed by atoms with van der Waals surface area (Å²) >= 11 is 0. The van der Waals surface area contributed by atoms with Gasteiger partial charge < -0.3 is 10.5 Å². The lowest BCUT2D eigenvalue weighted by molar-refractivity contribution is 0.302. The average molecular weight is 266 g/mol. The van der Waals surface area contributed by atoms with Gasteiger partial charge in [-0.3, -0.25) is 0 Å². The van der Waals surface area contributed by atoms with E-state index in [1.165, 1.54) is 12.1 Å². The Morgan fingerprint density at radius 2 is 1.95 bits per heavy atom. The Morgan fingerprint density at radius 3 is 2.47 bits per heavy atom. The number of hydrogen-bond acceptors (Lipinski definition) is 3. The number of hydrogen-bond donors (Lipinski definition) is 1. The molecule has 102 valence electrons. The highest BCUT2D eigenvalue weighted by molar-refractivity contribution is 5.73. The molecular weight excluding hydrogens is 250 g/mol. The first-order chi connectivity index (χ1) is 9.07. The standard InChI is InChI=1S/C14H16F2N2O/c15-10-5-9(6-11(16)7-10)14(3-4-14)2-1-12-8-19-13(17)18-12/h5-7,12H,1-4,8H2,(H2,17,18). The van der Waals surface area contributed by atoms with Gasteiger partial charge in [-0.25, -0.2) is 13.8 Å². The Bertz CT molecular complexity index is 506. The SMILES string of the molecule is NC1=NC(CCC2(c3cc(F)cc(F)c3)CC2)CO1. The zero-order valence-corrected chi connectivity index (χ0v) is 10.5. The summed E-state index contributed by atoms with van der Waals surface area (Å²) in [5.74, 6) is -1.01. The van der Waals surface area contributed by atoms with E-state index in [2.05, 4.69) is 4.99 Å². The zero-order valence-electron chi connectivity index (χ0n) is 10.5. The number of benzene rings is 1. The van der Waals surface area contributed by atoms with Crippen molar-refractivity contribution in [3.63, 3.8) is 0 Å². The molecule has 0 radical (unpaired) electrons. The molecule has 0 bridgehead atoms. The third kappa shape index (κ3) is 2.55. The summed E-state index contributed by atoms with van der Waals surface area (Å²) in [5.41, 5.74) is 6.15. The van der Waals surface area contributed by atoms with Crippen molar-refractivity contribution in [3.05, 3.63) is 35.4 Å². The van der Waals surface area contributed by atoms with Gasteiger partial charge in [-0.1, -0.05) is 0 Å². The highest BCUT2D eigenvalue weighted by Gasteiger charge is 2.44. The molecule has 1 aliphatic carbocycles. The predicted molar refractivity (Wildman–Crippen MR) is 67.9 cm³/mol. The van der Waals surface area contributed by atoms with E-state index >= 15 is 0 Å². The molecule has 5 heteroatoms. The summed E-state index contributed by atoms with van der Waals surface area (Å²) in [6.07, 6.45) is 3.64. The van der Waals surface area contributed by atoms with E-state index < -0.39 is 11.6 Å². The average Bonchev–Trinajstić information content (AvgIpc) is 3.03. The van der Waals surface area contributed by atoms with E-state index in [1.807, 2.05) is 0 Å². The van der Waals surface area contributed by atoms with Gasteiger partial charge >= 0.3 is 0 Å². The molecule has 0 spiro atoms. The van der Waals surface area contributed by atoms with Crippen LogP contribution in [-0.4, -0.2) is 18.7 Å². The second-order valence-corrected chi connectivity index (χ2v) is 5.41. The number of rotatable bonds is 4. The Kier molecular flexibility index (Phi) is 2.92. The van der Waals surface area contributed by atoms with Gasteiger partial charge in [0.25, 0.3) is 6.02 Å². The molecule has 2 aliphatic rings. The maximum absolute atomic E-state index is 13.3. The molecule has 3 nitrogen and oxygen atoms in total. The molecule has 0 saturated heterocycles. The monoisotopic (exact) mass is 266 g/mol. The van der Waals surface area contributed by atoms with Gasteiger partial charge in [0, 0.05) is 6.07 Å². The number of nitrogens with two attached hydrogens (primary N) is 1. The van der Waals surface area contributed by atoms with E-state index in [1.54, 1.807) is 0 Å². The Morgan fingerprint density at radius 1 is 1.26 bits per heavy atom. The lowest BCUT2D eigenvalue weighted by Crippen LogP contribution is -2.14. The molecule has 1 aliphatic heterocycles. The minimum atomic E-state index is -0.507. The highest BCUT2D eigenvalue weighted by atomic mass is 19.1. The lowest BCUT2D eigenvalue weighted by Gasteiger charge is -2.17. The maximum atomic E-state index is 13.3. The van der Waals surface area contributed by atoms with E-state index in [9.17, 15) is 8.78 Å².